The summed E-state index contributed by atoms with van der Waals surface area (Å²) in [5.74, 6) is -2.54. The minimum Gasteiger partial charge on any atom is -0.395 e. The Bertz CT molecular complexity index is 394. The number of ether oxygens (including phenoxy) is 2. The molecule has 11 nitrogen and oxygen atoms in total. The fourth-order valence-electron chi connectivity index (χ4n) is 2.70. The van der Waals surface area contributed by atoms with Gasteiger partial charge in [-0.25, -0.2) is 0 Å². The topological polar surface area (TPSA) is 192 Å². The minimum atomic E-state index is -2.54. The van der Waals surface area contributed by atoms with Crippen molar-refractivity contribution in [3.05, 3.63) is 0 Å². The first kappa shape index (κ1) is 18.9. The molecule has 2 fully saturated rings. The van der Waals surface area contributed by atoms with Gasteiger partial charge in [0.15, 0.2) is 6.29 Å². The van der Waals surface area contributed by atoms with Gasteiger partial charge in [0.05, 0.1) is 25.4 Å². The second-order valence-corrected chi connectivity index (χ2v) is 5.72. The zero-order chi connectivity index (χ0) is 17.4. The van der Waals surface area contributed by atoms with Gasteiger partial charge < -0.3 is 55.6 Å². The van der Waals surface area contributed by atoms with Crippen LogP contribution in [0.1, 0.15) is 0 Å². The lowest BCUT2D eigenvalue weighted by molar-refractivity contribution is -0.395. The lowest BCUT2D eigenvalue weighted by Crippen LogP contribution is -2.72. The second-order valence-electron chi connectivity index (χ2n) is 5.72. The van der Waals surface area contributed by atoms with Gasteiger partial charge in [0.25, 0.3) is 0 Å². The van der Waals surface area contributed by atoms with Crippen LogP contribution in [0.15, 0.2) is 0 Å². The van der Waals surface area contributed by atoms with Gasteiger partial charge in [-0.05, 0) is 0 Å². The molecule has 0 aromatic carbocycles. The van der Waals surface area contributed by atoms with Gasteiger partial charge in [0.1, 0.15) is 30.5 Å². The summed E-state index contributed by atoms with van der Waals surface area (Å²) in [5.41, 5.74) is 0. The molecule has 2 saturated heterocycles. The SMILES string of the molecule is OC[C@H]1O[C@@H](OC2(O)[C@H](O)[C@@H](O)CN[C@@H]2CO)[C@H](O)[C@@H](O)[C@@H]1O. The van der Waals surface area contributed by atoms with Crippen molar-refractivity contribution in [1.29, 1.82) is 0 Å². The van der Waals surface area contributed by atoms with Gasteiger partial charge in [0, 0.05) is 6.54 Å². The van der Waals surface area contributed by atoms with E-state index < -0.39 is 68.0 Å². The van der Waals surface area contributed by atoms with E-state index in [-0.39, 0.29) is 6.54 Å². The molecule has 0 bridgehead atoms. The molecule has 0 spiro atoms. The van der Waals surface area contributed by atoms with Gasteiger partial charge in [-0.2, -0.15) is 0 Å². The van der Waals surface area contributed by atoms with Gasteiger partial charge in [-0.1, -0.05) is 0 Å². The highest BCUT2D eigenvalue weighted by Crippen LogP contribution is 2.30. The van der Waals surface area contributed by atoms with Gasteiger partial charge >= 0.3 is 0 Å². The Kier molecular flexibility index (Phi) is 5.92. The van der Waals surface area contributed by atoms with Gasteiger partial charge in [-0.3, -0.25) is 0 Å². The third kappa shape index (κ3) is 3.36. The molecule has 136 valence electrons. The summed E-state index contributed by atoms with van der Waals surface area (Å²) in [6, 6.07) is -1.21. The molecule has 2 rings (SSSR count). The van der Waals surface area contributed by atoms with E-state index >= 15 is 0 Å². The molecule has 2 aliphatic heterocycles. The lowest BCUT2D eigenvalue weighted by atomic mass is 9.91. The zero-order valence-electron chi connectivity index (χ0n) is 12.1. The summed E-state index contributed by atoms with van der Waals surface area (Å²) in [5, 5.41) is 80.4. The van der Waals surface area contributed by atoms with Crippen molar-refractivity contribution < 1.29 is 50.3 Å². The Morgan fingerprint density at radius 1 is 1.00 bits per heavy atom. The predicted molar refractivity (Wildman–Crippen MR) is 70.7 cm³/mol. The fourth-order valence-corrected chi connectivity index (χ4v) is 2.70. The summed E-state index contributed by atoms with van der Waals surface area (Å²) in [7, 11) is 0. The highest BCUT2D eigenvalue weighted by molar-refractivity contribution is 5.00. The molecular weight excluding hydrogens is 318 g/mol. The van der Waals surface area contributed by atoms with E-state index in [0.717, 1.165) is 0 Å². The molecule has 9 N–H and O–H groups in total. The Balaban J connectivity index is 2.20. The molecular formula is C12H23NO10. The van der Waals surface area contributed by atoms with Crippen LogP contribution in [0, 0.1) is 0 Å². The Morgan fingerprint density at radius 3 is 2.22 bits per heavy atom. The summed E-state index contributed by atoms with van der Waals surface area (Å²) in [4.78, 5) is 0. The number of aliphatic hydroxyl groups excluding tert-OH is 7. The summed E-state index contributed by atoms with van der Waals surface area (Å²) in [6.45, 7) is -1.49. The maximum Gasteiger partial charge on any atom is 0.215 e. The van der Waals surface area contributed by atoms with Crippen LogP contribution < -0.4 is 5.32 Å². The Labute approximate surface area is 131 Å². The predicted octanol–water partition coefficient (Wildman–Crippen LogP) is -5.82. The van der Waals surface area contributed by atoms with Crippen molar-refractivity contribution in [2.45, 2.75) is 54.7 Å². The van der Waals surface area contributed by atoms with Crippen LogP contribution in [-0.4, -0.2) is 115 Å². The average Bonchev–Trinajstić information content (AvgIpc) is 2.53. The third-order valence-corrected chi connectivity index (χ3v) is 4.20. The normalized spacial score (nSPS) is 51.7. The zero-order valence-corrected chi connectivity index (χ0v) is 12.1. The molecule has 0 saturated carbocycles. The average molecular weight is 341 g/mol. The van der Waals surface area contributed by atoms with Crippen LogP contribution in [-0.2, 0) is 9.47 Å². The molecule has 1 unspecified atom stereocenters. The maximum absolute atomic E-state index is 10.5. The van der Waals surface area contributed by atoms with E-state index in [0.29, 0.717) is 0 Å². The largest absolute Gasteiger partial charge is 0.395 e. The third-order valence-electron chi connectivity index (χ3n) is 4.20. The monoisotopic (exact) mass is 341 g/mol. The highest BCUT2D eigenvalue weighted by atomic mass is 16.8. The van der Waals surface area contributed by atoms with Crippen molar-refractivity contribution in [3.8, 4) is 0 Å². The number of aliphatic hydroxyl groups is 8. The molecule has 0 aromatic rings. The van der Waals surface area contributed by atoms with Crippen LogP contribution in [0.5, 0.6) is 0 Å². The number of nitrogens with one attached hydrogen (secondary N) is 1. The van der Waals surface area contributed by atoms with Crippen LogP contribution in [0.25, 0.3) is 0 Å². The van der Waals surface area contributed by atoms with Crippen LogP contribution in [0.3, 0.4) is 0 Å². The first-order valence-electron chi connectivity index (χ1n) is 7.17. The standard InChI is InChI=1S/C12H23NO10/c14-2-5-7(17)8(18)9(19)11(22-5)23-12(21)6(3-15)13-1-4(16)10(12)20/h4-11,13-21H,1-3H2/t4-,5+,6+,7+,8-,9+,10+,11-,12?/m0/s1. The van der Waals surface area contributed by atoms with Crippen molar-refractivity contribution in [2.24, 2.45) is 0 Å². The number of hydrogen-bond donors (Lipinski definition) is 9. The molecule has 0 aromatic heterocycles. The molecule has 9 atom stereocenters. The van der Waals surface area contributed by atoms with E-state index in [4.69, 9.17) is 14.6 Å². The van der Waals surface area contributed by atoms with E-state index in [9.17, 15) is 35.7 Å². The lowest BCUT2D eigenvalue weighted by Gasteiger charge is -2.48. The number of hydrogen-bond acceptors (Lipinski definition) is 11. The van der Waals surface area contributed by atoms with E-state index in [2.05, 4.69) is 5.32 Å². The molecule has 2 heterocycles. The smallest absolute Gasteiger partial charge is 0.215 e. The highest BCUT2D eigenvalue weighted by Gasteiger charge is 2.55. The Morgan fingerprint density at radius 2 is 1.65 bits per heavy atom. The van der Waals surface area contributed by atoms with Crippen molar-refractivity contribution >= 4 is 0 Å². The summed E-state index contributed by atoms with van der Waals surface area (Å²) in [6.07, 6.45) is -11.4. The van der Waals surface area contributed by atoms with E-state index in [1.165, 1.54) is 0 Å². The molecule has 11 heteroatoms. The van der Waals surface area contributed by atoms with Crippen molar-refractivity contribution in [3.63, 3.8) is 0 Å². The quantitative estimate of drug-likeness (QED) is 0.221. The van der Waals surface area contributed by atoms with Gasteiger partial charge in [-0.15, -0.1) is 0 Å². The molecule has 0 radical (unpaired) electrons. The van der Waals surface area contributed by atoms with Crippen molar-refractivity contribution in [2.75, 3.05) is 19.8 Å². The fraction of sp³-hybridized carbons (Fsp3) is 1.00. The summed E-state index contributed by atoms with van der Waals surface area (Å²) >= 11 is 0. The number of rotatable bonds is 4. The molecule has 0 amide bonds. The van der Waals surface area contributed by atoms with Crippen LogP contribution in [0.4, 0.5) is 0 Å². The second kappa shape index (κ2) is 7.21. The summed E-state index contributed by atoms with van der Waals surface area (Å²) < 4.78 is 10.2. The van der Waals surface area contributed by atoms with Gasteiger partial charge in [0.2, 0.25) is 5.79 Å². The molecule has 23 heavy (non-hydrogen) atoms. The van der Waals surface area contributed by atoms with Crippen LogP contribution in [0.2, 0.25) is 0 Å². The number of β-amino-alcohol motifs (C(OH)–C–C–N with tert-alkyl or cyclic N) is 1. The maximum atomic E-state index is 10.5. The first-order valence-corrected chi connectivity index (χ1v) is 7.17. The van der Waals surface area contributed by atoms with Crippen molar-refractivity contribution in [1.82, 2.24) is 5.32 Å². The number of piperidine rings is 1. The molecule has 2 aliphatic rings. The van der Waals surface area contributed by atoms with Crippen LogP contribution >= 0.6 is 0 Å². The van der Waals surface area contributed by atoms with E-state index in [1.54, 1.807) is 0 Å². The first-order chi connectivity index (χ1) is 10.8. The minimum absolute atomic E-state index is 0.118. The molecule has 0 aliphatic carbocycles. The Hall–Kier alpha value is -0.440. The van der Waals surface area contributed by atoms with E-state index in [1.807, 2.05) is 0 Å².